The zero-order chi connectivity index (χ0) is 15.7. The Hall–Kier alpha value is -2.04. The fourth-order valence-electron chi connectivity index (χ4n) is 2.81. The molecule has 1 N–H and O–H groups in total. The van der Waals surface area contributed by atoms with Crippen molar-refractivity contribution in [2.45, 2.75) is 53.6 Å². The van der Waals surface area contributed by atoms with Crippen molar-refractivity contribution in [1.29, 1.82) is 0 Å². The molecule has 0 bridgehead atoms. The van der Waals surface area contributed by atoms with Crippen LogP contribution in [0.2, 0.25) is 0 Å². The monoisotopic (exact) mass is 288 g/mol. The summed E-state index contributed by atoms with van der Waals surface area (Å²) in [6.45, 7) is 12.3. The van der Waals surface area contributed by atoms with E-state index in [4.69, 9.17) is 0 Å². The lowest BCUT2D eigenvalue weighted by atomic mass is 10.2. The molecule has 2 rings (SSSR count). The van der Waals surface area contributed by atoms with Gasteiger partial charge >= 0.3 is 0 Å². The molecular weight excluding hydrogens is 264 g/mol. The Morgan fingerprint density at radius 1 is 1.19 bits per heavy atom. The molecule has 5 heteroatoms. The number of nitrogens with zero attached hydrogens (tertiary/aromatic N) is 3. The third kappa shape index (κ3) is 2.86. The molecule has 0 unspecified atom stereocenters. The summed E-state index contributed by atoms with van der Waals surface area (Å²) in [5.41, 5.74) is 2.82. The molecule has 2 aromatic heterocycles. The Balaban J connectivity index is 2.29. The highest BCUT2D eigenvalue weighted by molar-refractivity contribution is 6.04. The van der Waals surface area contributed by atoms with E-state index in [0.29, 0.717) is 6.04 Å². The first-order valence-electron chi connectivity index (χ1n) is 7.36. The van der Waals surface area contributed by atoms with Gasteiger partial charge in [0.05, 0.1) is 11.8 Å². The summed E-state index contributed by atoms with van der Waals surface area (Å²) in [6.07, 6.45) is 1.70. The van der Waals surface area contributed by atoms with Gasteiger partial charge in [0.2, 0.25) is 0 Å². The second-order valence-corrected chi connectivity index (χ2v) is 5.96. The number of hydrogen-bond acceptors (Lipinski definition) is 2. The van der Waals surface area contributed by atoms with Crippen LogP contribution >= 0.6 is 0 Å². The average Bonchev–Trinajstić information content (AvgIpc) is 2.93. The number of hydrogen-bond donors (Lipinski definition) is 1. The molecule has 0 aliphatic carbocycles. The van der Waals surface area contributed by atoms with E-state index in [1.54, 1.807) is 10.9 Å². The van der Waals surface area contributed by atoms with Crippen molar-refractivity contribution in [1.82, 2.24) is 14.3 Å². The lowest BCUT2D eigenvalue weighted by molar-refractivity contribution is 0.102. The molecule has 2 aromatic rings. The minimum absolute atomic E-state index is 0.0857. The van der Waals surface area contributed by atoms with Crippen molar-refractivity contribution in [2.24, 2.45) is 0 Å². The maximum Gasteiger partial charge on any atom is 0.258 e. The van der Waals surface area contributed by atoms with Gasteiger partial charge in [-0.3, -0.25) is 4.79 Å². The van der Waals surface area contributed by atoms with Gasteiger partial charge in [0, 0.05) is 29.5 Å². The predicted octanol–water partition coefficient (Wildman–Crippen LogP) is 3.72. The fraction of sp³-hybridized carbons (Fsp3) is 0.500. The zero-order valence-electron chi connectivity index (χ0n) is 13.6. The van der Waals surface area contributed by atoms with Crippen molar-refractivity contribution in [3.05, 3.63) is 35.3 Å². The first-order valence-corrected chi connectivity index (χ1v) is 7.36. The average molecular weight is 288 g/mol. The number of aromatic nitrogens is 3. The molecule has 0 radical (unpaired) electrons. The first-order chi connectivity index (χ1) is 9.82. The number of rotatable bonds is 4. The van der Waals surface area contributed by atoms with E-state index in [2.05, 4.69) is 28.8 Å². The van der Waals surface area contributed by atoms with Crippen molar-refractivity contribution in [3.8, 4) is 0 Å². The Labute approximate surface area is 126 Å². The molecule has 0 aliphatic rings. The quantitative estimate of drug-likeness (QED) is 0.932. The number of carbonyl (C=O) groups is 1. The van der Waals surface area contributed by atoms with Gasteiger partial charge in [0.1, 0.15) is 5.82 Å². The van der Waals surface area contributed by atoms with Gasteiger partial charge in [-0.2, -0.15) is 5.10 Å². The SMILES string of the molecule is Cc1cc(C(=O)Nc2ccnn2C(C)C)c(C)n1C(C)C. The van der Waals surface area contributed by atoms with E-state index in [1.165, 1.54) is 0 Å². The number of aryl methyl sites for hydroxylation is 1. The van der Waals surface area contributed by atoms with Crippen LogP contribution in [0.1, 0.15) is 61.5 Å². The Morgan fingerprint density at radius 3 is 2.38 bits per heavy atom. The molecule has 114 valence electrons. The van der Waals surface area contributed by atoms with E-state index in [0.717, 1.165) is 22.8 Å². The minimum atomic E-state index is -0.0857. The molecule has 1 amide bonds. The Bertz CT molecular complexity index is 649. The van der Waals surface area contributed by atoms with Gasteiger partial charge in [-0.25, -0.2) is 4.68 Å². The van der Waals surface area contributed by atoms with Gasteiger partial charge in [0.15, 0.2) is 0 Å². The Morgan fingerprint density at radius 2 is 1.86 bits per heavy atom. The molecule has 0 fully saturated rings. The third-order valence-corrected chi connectivity index (χ3v) is 3.65. The minimum Gasteiger partial charge on any atom is -0.346 e. The summed E-state index contributed by atoms with van der Waals surface area (Å²) in [4.78, 5) is 12.5. The third-order valence-electron chi connectivity index (χ3n) is 3.65. The molecule has 0 aliphatic heterocycles. The largest absolute Gasteiger partial charge is 0.346 e. The summed E-state index contributed by atoms with van der Waals surface area (Å²) in [7, 11) is 0. The van der Waals surface area contributed by atoms with Crippen molar-refractivity contribution in [3.63, 3.8) is 0 Å². The molecule has 21 heavy (non-hydrogen) atoms. The van der Waals surface area contributed by atoms with Crippen LogP contribution in [-0.4, -0.2) is 20.3 Å². The van der Waals surface area contributed by atoms with Crippen LogP contribution in [0.5, 0.6) is 0 Å². The van der Waals surface area contributed by atoms with Gasteiger partial charge in [0.25, 0.3) is 5.91 Å². The molecule has 5 nitrogen and oxygen atoms in total. The van der Waals surface area contributed by atoms with Gasteiger partial charge in [-0.1, -0.05) is 0 Å². The topological polar surface area (TPSA) is 51.9 Å². The van der Waals surface area contributed by atoms with Crippen LogP contribution < -0.4 is 5.32 Å². The lowest BCUT2D eigenvalue weighted by Gasteiger charge is -2.14. The van der Waals surface area contributed by atoms with Crippen molar-refractivity contribution >= 4 is 11.7 Å². The number of carbonyl (C=O) groups excluding carboxylic acids is 1. The highest BCUT2D eigenvalue weighted by atomic mass is 16.1. The molecule has 0 saturated carbocycles. The van der Waals surface area contributed by atoms with Crippen LogP contribution in [0, 0.1) is 13.8 Å². The predicted molar refractivity (Wildman–Crippen MR) is 84.9 cm³/mol. The highest BCUT2D eigenvalue weighted by Gasteiger charge is 2.18. The Kier molecular flexibility index (Phi) is 4.21. The van der Waals surface area contributed by atoms with Crippen molar-refractivity contribution in [2.75, 3.05) is 5.32 Å². The standard InChI is InChI=1S/C16H24N4O/c1-10(2)19-12(5)9-14(13(19)6)16(21)18-15-7-8-17-20(15)11(3)4/h7-11H,1-6H3,(H,18,21). The molecular formula is C16H24N4O. The normalized spacial score (nSPS) is 11.4. The van der Waals surface area contributed by atoms with E-state index >= 15 is 0 Å². The van der Waals surface area contributed by atoms with E-state index < -0.39 is 0 Å². The van der Waals surface area contributed by atoms with E-state index in [9.17, 15) is 4.79 Å². The number of nitrogens with one attached hydrogen (secondary N) is 1. The summed E-state index contributed by atoms with van der Waals surface area (Å²) in [5.74, 6) is 0.641. The molecule has 0 aromatic carbocycles. The van der Waals surface area contributed by atoms with Crippen LogP contribution in [0.3, 0.4) is 0 Å². The molecule has 0 saturated heterocycles. The molecule has 0 spiro atoms. The molecule has 0 atom stereocenters. The maximum atomic E-state index is 12.5. The van der Waals surface area contributed by atoms with E-state index in [1.807, 2.05) is 39.8 Å². The van der Waals surface area contributed by atoms with Crippen LogP contribution in [0.15, 0.2) is 18.3 Å². The van der Waals surface area contributed by atoms with Gasteiger partial charge in [-0.15, -0.1) is 0 Å². The van der Waals surface area contributed by atoms with Crippen LogP contribution in [0.25, 0.3) is 0 Å². The second kappa shape index (κ2) is 5.76. The second-order valence-electron chi connectivity index (χ2n) is 5.96. The highest BCUT2D eigenvalue weighted by Crippen LogP contribution is 2.21. The lowest BCUT2D eigenvalue weighted by Crippen LogP contribution is -2.17. The van der Waals surface area contributed by atoms with Crippen LogP contribution in [-0.2, 0) is 0 Å². The zero-order valence-corrected chi connectivity index (χ0v) is 13.6. The van der Waals surface area contributed by atoms with Gasteiger partial charge < -0.3 is 9.88 Å². The maximum absolute atomic E-state index is 12.5. The smallest absolute Gasteiger partial charge is 0.258 e. The summed E-state index contributed by atoms with van der Waals surface area (Å²) < 4.78 is 3.98. The van der Waals surface area contributed by atoms with Gasteiger partial charge in [-0.05, 0) is 47.6 Å². The summed E-state index contributed by atoms with van der Waals surface area (Å²) >= 11 is 0. The fourth-order valence-corrected chi connectivity index (χ4v) is 2.81. The first kappa shape index (κ1) is 15.4. The molecule has 2 heterocycles. The van der Waals surface area contributed by atoms with E-state index in [-0.39, 0.29) is 11.9 Å². The summed E-state index contributed by atoms with van der Waals surface area (Å²) in [6, 6.07) is 4.31. The number of anilines is 1. The van der Waals surface area contributed by atoms with Crippen LogP contribution in [0.4, 0.5) is 5.82 Å². The number of amides is 1. The van der Waals surface area contributed by atoms with Crippen molar-refractivity contribution < 1.29 is 4.79 Å². The summed E-state index contributed by atoms with van der Waals surface area (Å²) in [5, 5.41) is 7.19.